The van der Waals surface area contributed by atoms with Crippen LogP contribution < -0.4 is 5.73 Å². The van der Waals surface area contributed by atoms with E-state index in [1.807, 2.05) is 12.1 Å². The van der Waals surface area contributed by atoms with Crippen molar-refractivity contribution in [3.63, 3.8) is 0 Å². The van der Waals surface area contributed by atoms with Gasteiger partial charge in [0.1, 0.15) is 11.3 Å². The van der Waals surface area contributed by atoms with Crippen LogP contribution in [0.25, 0.3) is 21.9 Å². The molecule has 0 spiro atoms. The number of para-hydroxylation sites is 1. The second kappa shape index (κ2) is 6.42. The number of anilines is 1. The quantitative estimate of drug-likeness (QED) is 0.698. The van der Waals surface area contributed by atoms with Gasteiger partial charge in [-0.25, -0.2) is 9.97 Å². The zero-order valence-electron chi connectivity index (χ0n) is 15.3. The number of imidazole rings is 1. The van der Waals surface area contributed by atoms with Gasteiger partial charge in [0, 0.05) is 18.4 Å². The van der Waals surface area contributed by atoms with Gasteiger partial charge in [0.25, 0.3) is 0 Å². The first-order valence-electron chi connectivity index (χ1n) is 9.00. The third-order valence-electron chi connectivity index (χ3n) is 4.99. The lowest BCUT2D eigenvalue weighted by Crippen LogP contribution is -2.20. The molecule has 0 saturated heterocycles. The van der Waals surface area contributed by atoms with Gasteiger partial charge in [0.15, 0.2) is 5.82 Å². The Hall–Kier alpha value is -2.10. The lowest BCUT2D eigenvalue weighted by Gasteiger charge is -2.25. The summed E-state index contributed by atoms with van der Waals surface area (Å²) in [6, 6.07) is 8.23. The first-order valence-corrected chi connectivity index (χ1v) is 9.00. The van der Waals surface area contributed by atoms with Crippen LogP contribution in [0.15, 0.2) is 24.3 Å². The Morgan fingerprint density at radius 3 is 2.58 bits per heavy atom. The van der Waals surface area contributed by atoms with Crippen molar-refractivity contribution in [1.29, 1.82) is 0 Å². The molecule has 3 rings (SSSR count). The number of aryl methyl sites for hydroxylation is 1. The molecule has 2 aromatic heterocycles. The van der Waals surface area contributed by atoms with E-state index in [-0.39, 0.29) is 5.41 Å². The van der Waals surface area contributed by atoms with Gasteiger partial charge in [-0.05, 0) is 24.3 Å². The lowest BCUT2D eigenvalue weighted by molar-refractivity contribution is 0.294. The van der Waals surface area contributed by atoms with Gasteiger partial charge >= 0.3 is 0 Å². The van der Waals surface area contributed by atoms with Crippen LogP contribution in [0.5, 0.6) is 0 Å². The number of nitrogens with zero attached hydrogens (tertiary/aromatic N) is 3. The molecule has 4 nitrogen and oxygen atoms in total. The number of fused-ring (bicyclic) bond motifs is 3. The van der Waals surface area contributed by atoms with Crippen molar-refractivity contribution in [2.45, 2.75) is 59.9 Å². The van der Waals surface area contributed by atoms with Crippen molar-refractivity contribution in [3.8, 4) is 0 Å². The largest absolute Gasteiger partial charge is 0.382 e. The Labute approximate surface area is 144 Å². The van der Waals surface area contributed by atoms with Crippen molar-refractivity contribution in [3.05, 3.63) is 30.1 Å². The van der Waals surface area contributed by atoms with E-state index in [1.54, 1.807) is 0 Å². The van der Waals surface area contributed by atoms with Crippen molar-refractivity contribution < 1.29 is 0 Å². The number of pyridine rings is 1. The van der Waals surface area contributed by atoms with E-state index in [2.05, 4.69) is 49.4 Å². The maximum absolute atomic E-state index is 6.24. The Kier molecular flexibility index (Phi) is 4.48. The number of unbranched alkanes of at least 4 members (excludes halogenated alkanes) is 1. The minimum atomic E-state index is 0.216. The molecule has 0 saturated carbocycles. The Morgan fingerprint density at radius 2 is 1.88 bits per heavy atom. The monoisotopic (exact) mass is 324 g/mol. The number of nitrogen functional groups attached to an aromatic ring is 1. The van der Waals surface area contributed by atoms with Gasteiger partial charge in [-0.2, -0.15) is 0 Å². The van der Waals surface area contributed by atoms with E-state index in [4.69, 9.17) is 10.7 Å². The second-order valence-electron chi connectivity index (χ2n) is 7.45. The van der Waals surface area contributed by atoms with Gasteiger partial charge in [-0.1, -0.05) is 52.3 Å². The van der Waals surface area contributed by atoms with Gasteiger partial charge in [-0.15, -0.1) is 0 Å². The molecule has 4 heteroatoms. The topological polar surface area (TPSA) is 56.7 Å². The molecule has 0 fully saturated rings. The van der Waals surface area contributed by atoms with Gasteiger partial charge in [-0.3, -0.25) is 0 Å². The maximum atomic E-state index is 6.24. The Morgan fingerprint density at radius 1 is 1.12 bits per heavy atom. The molecule has 0 aliphatic rings. The van der Waals surface area contributed by atoms with Crippen molar-refractivity contribution in [2.24, 2.45) is 5.41 Å². The fourth-order valence-electron chi connectivity index (χ4n) is 3.14. The predicted molar refractivity (Wildman–Crippen MR) is 102 cm³/mol. The first-order chi connectivity index (χ1) is 11.5. The molecule has 2 heterocycles. The molecule has 0 amide bonds. The minimum absolute atomic E-state index is 0.216. The van der Waals surface area contributed by atoms with Gasteiger partial charge in [0.05, 0.1) is 11.0 Å². The molecule has 128 valence electrons. The van der Waals surface area contributed by atoms with Crippen LogP contribution in [0.4, 0.5) is 5.82 Å². The summed E-state index contributed by atoms with van der Waals surface area (Å²) in [4.78, 5) is 9.45. The number of rotatable bonds is 6. The third kappa shape index (κ3) is 2.97. The number of aromatic nitrogens is 3. The number of hydrogen-bond donors (Lipinski definition) is 1. The maximum Gasteiger partial charge on any atom is 0.152 e. The Bertz CT molecular complexity index is 861. The molecular weight excluding hydrogens is 296 g/mol. The smallest absolute Gasteiger partial charge is 0.152 e. The molecule has 24 heavy (non-hydrogen) atoms. The van der Waals surface area contributed by atoms with E-state index < -0.39 is 0 Å². The molecule has 0 aliphatic carbocycles. The highest BCUT2D eigenvalue weighted by Gasteiger charge is 2.22. The summed E-state index contributed by atoms with van der Waals surface area (Å²) in [7, 11) is 0. The highest BCUT2D eigenvalue weighted by atomic mass is 15.1. The molecule has 0 bridgehead atoms. The van der Waals surface area contributed by atoms with Gasteiger partial charge in [0.2, 0.25) is 0 Å². The summed E-state index contributed by atoms with van der Waals surface area (Å²) in [6.07, 6.45) is 4.41. The molecule has 0 aliphatic heterocycles. The zero-order valence-corrected chi connectivity index (χ0v) is 15.3. The van der Waals surface area contributed by atoms with E-state index in [0.717, 1.165) is 60.0 Å². The van der Waals surface area contributed by atoms with Crippen LogP contribution in [-0.4, -0.2) is 14.5 Å². The molecule has 0 unspecified atom stereocenters. The number of hydrogen-bond acceptors (Lipinski definition) is 3. The summed E-state index contributed by atoms with van der Waals surface area (Å²) < 4.78 is 2.40. The number of nitrogens with two attached hydrogens (primary N) is 1. The standard InChI is InChI=1S/C20H28N4/c1-5-7-12-16-23-17-18(24(16)13-20(3,4)6-2)14-10-8-9-11-15(14)22-19(17)21/h8-11H,5-7,12-13H2,1-4H3,(H2,21,22). The van der Waals surface area contributed by atoms with Crippen LogP contribution >= 0.6 is 0 Å². The lowest BCUT2D eigenvalue weighted by atomic mass is 9.90. The average Bonchev–Trinajstić information content (AvgIpc) is 2.92. The van der Waals surface area contributed by atoms with Crippen molar-refractivity contribution in [1.82, 2.24) is 14.5 Å². The van der Waals surface area contributed by atoms with Crippen molar-refractivity contribution >= 4 is 27.8 Å². The van der Waals surface area contributed by atoms with Crippen LogP contribution in [0.2, 0.25) is 0 Å². The van der Waals surface area contributed by atoms with E-state index in [0.29, 0.717) is 5.82 Å². The first kappa shape index (κ1) is 16.7. The molecule has 1 aromatic carbocycles. The minimum Gasteiger partial charge on any atom is -0.382 e. The SMILES string of the molecule is CCCCc1nc2c(N)nc3ccccc3c2n1CC(C)(C)CC. The Balaban J connectivity index is 2.30. The molecule has 0 radical (unpaired) electrons. The molecular formula is C20H28N4. The number of benzene rings is 1. The van der Waals surface area contributed by atoms with Crippen LogP contribution in [0.1, 0.15) is 52.8 Å². The summed E-state index contributed by atoms with van der Waals surface area (Å²) in [5.41, 5.74) is 9.40. The molecule has 3 aromatic rings. The summed E-state index contributed by atoms with van der Waals surface area (Å²) in [5, 5.41) is 1.14. The highest BCUT2D eigenvalue weighted by molar-refractivity contribution is 6.06. The van der Waals surface area contributed by atoms with Crippen molar-refractivity contribution in [2.75, 3.05) is 5.73 Å². The fourth-order valence-corrected chi connectivity index (χ4v) is 3.14. The highest BCUT2D eigenvalue weighted by Crippen LogP contribution is 2.32. The van der Waals surface area contributed by atoms with E-state index in [9.17, 15) is 0 Å². The van der Waals surface area contributed by atoms with E-state index >= 15 is 0 Å². The van der Waals surface area contributed by atoms with Crippen LogP contribution in [0, 0.1) is 5.41 Å². The third-order valence-corrected chi connectivity index (χ3v) is 4.99. The summed E-state index contributed by atoms with van der Waals surface area (Å²) >= 11 is 0. The summed E-state index contributed by atoms with van der Waals surface area (Å²) in [5.74, 6) is 1.67. The molecule has 0 atom stereocenters. The fraction of sp³-hybridized carbons (Fsp3) is 0.500. The van der Waals surface area contributed by atoms with E-state index in [1.165, 1.54) is 0 Å². The predicted octanol–water partition coefficient (Wildman–Crippen LogP) is 4.95. The second-order valence-corrected chi connectivity index (χ2v) is 7.45. The van der Waals surface area contributed by atoms with Crippen LogP contribution in [0.3, 0.4) is 0 Å². The van der Waals surface area contributed by atoms with Crippen LogP contribution in [-0.2, 0) is 13.0 Å². The zero-order chi connectivity index (χ0) is 17.3. The van der Waals surface area contributed by atoms with Gasteiger partial charge < -0.3 is 10.3 Å². The normalized spacial score (nSPS) is 12.3. The summed E-state index contributed by atoms with van der Waals surface area (Å²) in [6.45, 7) is 10.0. The average molecular weight is 324 g/mol. The molecule has 2 N–H and O–H groups in total.